The van der Waals surface area contributed by atoms with E-state index in [2.05, 4.69) is 5.32 Å². The van der Waals surface area contributed by atoms with Crippen LogP contribution in [0.4, 0.5) is 23.7 Å². The van der Waals surface area contributed by atoms with E-state index >= 15 is 0 Å². The number of hydrogen-bond donors (Lipinski definition) is 1. The first kappa shape index (κ1) is 22.4. The smallest absolute Gasteiger partial charge is 0.324 e. The molecule has 5 nitrogen and oxygen atoms in total. The zero-order chi connectivity index (χ0) is 22.6. The highest BCUT2D eigenvalue weighted by atomic mass is 32.2. The molecule has 0 bridgehead atoms. The van der Waals surface area contributed by atoms with Crippen LogP contribution in [0.1, 0.15) is 18.1 Å². The highest BCUT2D eigenvalue weighted by molar-refractivity contribution is 8.18. The number of rotatable bonds is 5. The SMILES string of the molecule is CC(/C=C1\SC(=O)N(CC(=O)Nc2ccccc2C(F)(F)F)C1=O)=C\c1ccccc1. The maximum absolute atomic E-state index is 13.1. The lowest BCUT2D eigenvalue weighted by Gasteiger charge is -2.15. The number of nitrogens with zero attached hydrogens (tertiary/aromatic N) is 1. The maximum atomic E-state index is 13.1. The van der Waals surface area contributed by atoms with Gasteiger partial charge in [-0.2, -0.15) is 13.2 Å². The Balaban J connectivity index is 1.71. The molecule has 3 amide bonds. The summed E-state index contributed by atoms with van der Waals surface area (Å²) in [7, 11) is 0. The van der Waals surface area contributed by atoms with Gasteiger partial charge in [-0.3, -0.25) is 19.3 Å². The van der Waals surface area contributed by atoms with Crippen molar-refractivity contribution in [2.75, 3.05) is 11.9 Å². The monoisotopic (exact) mass is 446 g/mol. The molecule has 0 aromatic heterocycles. The van der Waals surface area contributed by atoms with Gasteiger partial charge in [0.2, 0.25) is 5.91 Å². The molecule has 0 saturated carbocycles. The van der Waals surface area contributed by atoms with Crippen LogP contribution in [0.5, 0.6) is 0 Å². The largest absolute Gasteiger partial charge is 0.418 e. The third kappa shape index (κ3) is 5.64. The third-order valence-corrected chi connectivity index (χ3v) is 5.14. The van der Waals surface area contributed by atoms with E-state index in [0.717, 1.165) is 23.3 Å². The van der Waals surface area contributed by atoms with Crippen LogP contribution >= 0.6 is 11.8 Å². The van der Waals surface area contributed by atoms with Crippen molar-refractivity contribution in [1.29, 1.82) is 0 Å². The van der Waals surface area contributed by atoms with Crippen LogP contribution in [-0.4, -0.2) is 28.5 Å². The number of thioether (sulfide) groups is 1. The molecule has 1 fully saturated rings. The molecule has 3 rings (SSSR count). The molecule has 31 heavy (non-hydrogen) atoms. The van der Waals surface area contributed by atoms with Gasteiger partial charge in [-0.1, -0.05) is 48.5 Å². The topological polar surface area (TPSA) is 66.5 Å². The van der Waals surface area contributed by atoms with Gasteiger partial charge in [0, 0.05) is 0 Å². The van der Waals surface area contributed by atoms with Gasteiger partial charge in [-0.15, -0.1) is 0 Å². The number of benzene rings is 2. The van der Waals surface area contributed by atoms with Crippen LogP contribution < -0.4 is 5.32 Å². The molecular weight excluding hydrogens is 429 g/mol. The average molecular weight is 446 g/mol. The summed E-state index contributed by atoms with van der Waals surface area (Å²) in [4.78, 5) is 37.8. The van der Waals surface area contributed by atoms with Gasteiger partial charge in [-0.05, 0) is 48.0 Å². The molecule has 1 aliphatic rings. The lowest BCUT2D eigenvalue weighted by atomic mass is 10.1. The number of anilines is 1. The fourth-order valence-electron chi connectivity index (χ4n) is 2.87. The van der Waals surface area contributed by atoms with Crippen molar-refractivity contribution >= 4 is 40.6 Å². The minimum atomic E-state index is -4.66. The fraction of sp³-hybridized carbons (Fsp3) is 0.136. The predicted octanol–water partition coefficient (Wildman–Crippen LogP) is 5.33. The number of hydrogen-bond acceptors (Lipinski definition) is 4. The molecule has 0 radical (unpaired) electrons. The maximum Gasteiger partial charge on any atom is 0.418 e. The summed E-state index contributed by atoms with van der Waals surface area (Å²) >= 11 is 0.674. The molecule has 0 unspecified atom stereocenters. The molecule has 2 aromatic carbocycles. The predicted molar refractivity (Wildman–Crippen MR) is 113 cm³/mol. The second-order valence-corrected chi connectivity index (χ2v) is 7.65. The van der Waals surface area contributed by atoms with Crippen LogP contribution in [0.15, 0.2) is 71.2 Å². The van der Waals surface area contributed by atoms with Crippen LogP contribution in [0.2, 0.25) is 0 Å². The number of nitrogens with one attached hydrogen (secondary N) is 1. The van der Waals surface area contributed by atoms with Crippen LogP contribution in [0.3, 0.4) is 0 Å². The number of allylic oxidation sites excluding steroid dienone is 2. The molecule has 0 atom stereocenters. The number of carbonyl (C=O) groups excluding carboxylic acids is 3. The summed E-state index contributed by atoms with van der Waals surface area (Å²) in [5.74, 6) is -1.58. The van der Waals surface area contributed by atoms with Crippen molar-refractivity contribution in [2.45, 2.75) is 13.1 Å². The Hall–Kier alpha value is -3.33. The van der Waals surface area contributed by atoms with Gasteiger partial charge in [0.15, 0.2) is 0 Å². The highest BCUT2D eigenvalue weighted by Gasteiger charge is 2.37. The number of amides is 3. The Kier molecular flexibility index (Phi) is 6.65. The van der Waals surface area contributed by atoms with Gasteiger partial charge in [0.25, 0.3) is 11.1 Å². The Morgan fingerprint density at radius 1 is 1.06 bits per heavy atom. The van der Waals surface area contributed by atoms with E-state index in [1.807, 2.05) is 36.4 Å². The minimum Gasteiger partial charge on any atom is -0.324 e. The molecule has 0 spiro atoms. The Morgan fingerprint density at radius 3 is 2.39 bits per heavy atom. The first-order valence-electron chi connectivity index (χ1n) is 9.10. The van der Waals surface area contributed by atoms with Crippen molar-refractivity contribution in [3.63, 3.8) is 0 Å². The van der Waals surface area contributed by atoms with E-state index in [4.69, 9.17) is 0 Å². The molecule has 1 aliphatic heterocycles. The lowest BCUT2D eigenvalue weighted by molar-refractivity contribution is -0.137. The van der Waals surface area contributed by atoms with E-state index in [1.165, 1.54) is 18.2 Å². The summed E-state index contributed by atoms with van der Waals surface area (Å²) in [6, 6.07) is 13.8. The summed E-state index contributed by atoms with van der Waals surface area (Å²) in [6.07, 6.45) is -1.29. The lowest BCUT2D eigenvalue weighted by Crippen LogP contribution is -2.36. The van der Waals surface area contributed by atoms with Crippen LogP contribution in [0, 0.1) is 0 Å². The van der Waals surface area contributed by atoms with Gasteiger partial charge in [0.1, 0.15) is 6.54 Å². The first-order chi connectivity index (χ1) is 14.6. The van der Waals surface area contributed by atoms with Crippen molar-refractivity contribution in [3.05, 3.63) is 82.3 Å². The zero-order valence-corrected chi connectivity index (χ0v) is 17.1. The molecule has 1 heterocycles. The van der Waals surface area contributed by atoms with E-state index < -0.39 is 41.0 Å². The molecule has 9 heteroatoms. The first-order valence-corrected chi connectivity index (χ1v) is 9.91. The molecule has 0 aliphatic carbocycles. The Bertz CT molecular complexity index is 1080. The van der Waals surface area contributed by atoms with E-state index in [0.29, 0.717) is 16.7 Å². The van der Waals surface area contributed by atoms with Crippen molar-refractivity contribution in [2.24, 2.45) is 0 Å². The molecule has 160 valence electrons. The van der Waals surface area contributed by atoms with E-state index in [9.17, 15) is 27.6 Å². The standard InChI is InChI=1S/C22H17F3N2O3S/c1-14(11-15-7-3-2-4-8-15)12-18-20(29)27(21(30)31-18)13-19(28)26-17-10-6-5-9-16(17)22(23,24)25/h2-12H,13H2,1H3,(H,26,28)/b14-11+,18-12-. The summed E-state index contributed by atoms with van der Waals surface area (Å²) in [6.45, 7) is 1.08. The zero-order valence-electron chi connectivity index (χ0n) is 16.3. The molecule has 2 aromatic rings. The van der Waals surface area contributed by atoms with Gasteiger partial charge < -0.3 is 5.32 Å². The van der Waals surface area contributed by atoms with Gasteiger partial charge in [0.05, 0.1) is 16.2 Å². The highest BCUT2D eigenvalue weighted by Crippen LogP contribution is 2.35. The van der Waals surface area contributed by atoms with E-state index in [1.54, 1.807) is 6.92 Å². The second-order valence-electron chi connectivity index (χ2n) is 6.66. The normalized spacial score (nSPS) is 16.2. The van der Waals surface area contributed by atoms with Crippen molar-refractivity contribution < 1.29 is 27.6 Å². The van der Waals surface area contributed by atoms with Crippen molar-refractivity contribution in [3.8, 4) is 0 Å². The fourth-order valence-corrected chi connectivity index (χ4v) is 3.76. The quantitative estimate of drug-likeness (QED) is 0.631. The summed E-state index contributed by atoms with van der Waals surface area (Å²) in [5.41, 5.74) is 0.182. The number of para-hydroxylation sites is 1. The number of alkyl halides is 3. The molecule has 1 saturated heterocycles. The Morgan fingerprint density at radius 2 is 1.71 bits per heavy atom. The second kappa shape index (κ2) is 9.22. The van der Waals surface area contributed by atoms with E-state index in [-0.39, 0.29) is 4.91 Å². The number of halogens is 3. The molecular formula is C22H17F3N2O3S. The summed E-state index contributed by atoms with van der Waals surface area (Å²) < 4.78 is 39.2. The number of carbonyl (C=O) groups is 3. The van der Waals surface area contributed by atoms with Crippen LogP contribution in [0.25, 0.3) is 6.08 Å². The van der Waals surface area contributed by atoms with Crippen LogP contribution in [-0.2, 0) is 15.8 Å². The molecule has 1 N–H and O–H groups in total. The van der Waals surface area contributed by atoms with Crippen molar-refractivity contribution in [1.82, 2.24) is 4.90 Å². The van der Waals surface area contributed by atoms with Gasteiger partial charge in [-0.25, -0.2) is 0 Å². The Labute approximate surface area is 180 Å². The minimum absolute atomic E-state index is 0.137. The third-order valence-electron chi connectivity index (χ3n) is 4.23. The average Bonchev–Trinajstić information content (AvgIpc) is 2.95. The summed E-state index contributed by atoms with van der Waals surface area (Å²) in [5, 5.41) is 1.46. The van der Waals surface area contributed by atoms with Gasteiger partial charge >= 0.3 is 6.18 Å². The number of imide groups is 1.